The number of rotatable bonds is 12. The predicted molar refractivity (Wildman–Crippen MR) is 160 cm³/mol. The van der Waals surface area contributed by atoms with Crippen molar-refractivity contribution in [2.45, 2.75) is 44.8 Å². The van der Waals surface area contributed by atoms with Gasteiger partial charge in [0.25, 0.3) is 5.91 Å². The van der Waals surface area contributed by atoms with Crippen LogP contribution < -0.4 is 20.5 Å². The number of nitrogens with one attached hydrogen (secondary N) is 1. The number of ether oxygens (including phenoxy) is 2. The standard InChI is InChI=1S/C31H31ClF3N5O5/c1-3-45-28-17(13-25(36)41)12-24(38-27(28)16-7-8-21(32)22(33)10-16)31(43,20-5-4-6-20)15-37-29(42)18-9-19-14-40(30(34)35)39-26(19)23(11-18)44-2/h7-12,14,20,30,43H,3-6,13,15H2,1-2H3,(H2,36,41)(H,37,42)/t31-/m1/s1. The van der Waals surface area contributed by atoms with Gasteiger partial charge in [0.15, 0.2) is 0 Å². The smallest absolute Gasteiger partial charge is 0.333 e. The molecule has 0 spiro atoms. The van der Waals surface area contributed by atoms with Gasteiger partial charge in [0, 0.05) is 28.3 Å². The highest BCUT2D eigenvalue weighted by molar-refractivity contribution is 6.30. The highest BCUT2D eigenvalue weighted by Crippen LogP contribution is 2.44. The summed E-state index contributed by atoms with van der Waals surface area (Å²) in [5, 5.41) is 19.0. The number of hydrogen-bond acceptors (Lipinski definition) is 7. The number of halogens is 4. The van der Waals surface area contributed by atoms with E-state index in [1.165, 1.54) is 43.5 Å². The molecule has 1 atom stereocenters. The van der Waals surface area contributed by atoms with Gasteiger partial charge in [0.1, 0.15) is 34.1 Å². The van der Waals surface area contributed by atoms with Gasteiger partial charge in [-0.15, -0.1) is 0 Å². The molecule has 2 amide bonds. The molecule has 1 aliphatic carbocycles. The van der Waals surface area contributed by atoms with E-state index in [-0.39, 0.29) is 75.4 Å². The van der Waals surface area contributed by atoms with Gasteiger partial charge in [-0.2, -0.15) is 13.9 Å². The molecule has 2 aromatic carbocycles. The van der Waals surface area contributed by atoms with Gasteiger partial charge in [0.2, 0.25) is 5.91 Å². The van der Waals surface area contributed by atoms with Crippen molar-refractivity contribution < 1.29 is 37.3 Å². The van der Waals surface area contributed by atoms with Crippen LogP contribution in [0, 0.1) is 11.7 Å². The van der Waals surface area contributed by atoms with Crippen molar-refractivity contribution >= 4 is 34.3 Å². The fourth-order valence-corrected chi connectivity index (χ4v) is 5.54. The minimum atomic E-state index is -2.88. The number of primary amides is 1. The summed E-state index contributed by atoms with van der Waals surface area (Å²) in [5.41, 5.74) is 4.99. The number of fused-ring (bicyclic) bond motifs is 1. The van der Waals surface area contributed by atoms with Crippen molar-refractivity contribution in [1.82, 2.24) is 20.1 Å². The molecule has 1 fully saturated rings. The summed E-state index contributed by atoms with van der Waals surface area (Å²) in [4.78, 5) is 30.2. The van der Waals surface area contributed by atoms with E-state index >= 15 is 0 Å². The van der Waals surface area contributed by atoms with Crippen LogP contribution in [0.4, 0.5) is 13.2 Å². The third-order valence-electron chi connectivity index (χ3n) is 7.91. The van der Waals surface area contributed by atoms with Crippen LogP contribution in [0.5, 0.6) is 11.5 Å². The third kappa shape index (κ3) is 6.40. The quantitative estimate of drug-likeness (QED) is 0.194. The molecule has 238 valence electrons. The number of nitrogens with two attached hydrogens (primary N) is 1. The lowest BCUT2D eigenvalue weighted by Crippen LogP contribution is -2.49. The number of carbonyl (C=O) groups excluding carboxylic acids is 2. The molecule has 1 saturated carbocycles. The fourth-order valence-electron chi connectivity index (χ4n) is 5.43. The second kappa shape index (κ2) is 12.9. The van der Waals surface area contributed by atoms with Gasteiger partial charge in [-0.05, 0) is 56.0 Å². The number of hydrogen-bond donors (Lipinski definition) is 3. The summed E-state index contributed by atoms with van der Waals surface area (Å²) in [6.07, 6.45) is 2.94. The second-order valence-electron chi connectivity index (χ2n) is 10.8. The summed E-state index contributed by atoms with van der Waals surface area (Å²) in [6.45, 7) is -1.24. The molecule has 2 heterocycles. The second-order valence-corrected chi connectivity index (χ2v) is 11.2. The number of aliphatic hydroxyl groups is 1. The lowest BCUT2D eigenvalue weighted by Gasteiger charge is -2.41. The Morgan fingerprint density at radius 3 is 2.60 bits per heavy atom. The maximum absolute atomic E-state index is 14.6. The van der Waals surface area contributed by atoms with Crippen molar-refractivity contribution in [1.29, 1.82) is 0 Å². The minimum Gasteiger partial charge on any atom is -0.494 e. The number of aromatic nitrogens is 3. The average molecular weight is 646 g/mol. The Morgan fingerprint density at radius 2 is 2.00 bits per heavy atom. The molecule has 5 rings (SSSR count). The van der Waals surface area contributed by atoms with E-state index in [2.05, 4.69) is 10.4 Å². The van der Waals surface area contributed by atoms with Crippen LogP contribution in [0.15, 0.2) is 42.6 Å². The van der Waals surface area contributed by atoms with Gasteiger partial charge in [-0.1, -0.05) is 24.1 Å². The van der Waals surface area contributed by atoms with E-state index in [0.29, 0.717) is 23.1 Å². The summed E-state index contributed by atoms with van der Waals surface area (Å²) >= 11 is 5.91. The molecule has 0 bridgehead atoms. The van der Waals surface area contributed by atoms with E-state index in [1.807, 2.05) is 0 Å². The number of methoxy groups -OCH3 is 1. The molecule has 4 N–H and O–H groups in total. The summed E-state index contributed by atoms with van der Waals surface area (Å²) in [5.74, 6) is -1.97. The van der Waals surface area contributed by atoms with Gasteiger partial charge in [-0.25, -0.2) is 14.1 Å². The molecule has 4 aromatic rings. The summed E-state index contributed by atoms with van der Waals surface area (Å²) < 4.78 is 52.7. The maximum Gasteiger partial charge on any atom is 0.333 e. The summed E-state index contributed by atoms with van der Waals surface area (Å²) in [6, 6.07) is 8.36. The molecule has 10 nitrogen and oxygen atoms in total. The zero-order chi connectivity index (χ0) is 32.5. The lowest BCUT2D eigenvalue weighted by molar-refractivity contribution is -0.117. The minimum absolute atomic E-state index is 0.0931. The van der Waals surface area contributed by atoms with E-state index in [4.69, 9.17) is 31.8 Å². The van der Waals surface area contributed by atoms with Crippen molar-refractivity contribution in [2.24, 2.45) is 11.7 Å². The first-order valence-electron chi connectivity index (χ1n) is 14.2. The van der Waals surface area contributed by atoms with E-state index in [9.17, 15) is 27.9 Å². The topological polar surface area (TPSA) is 142 Å². The van der Waals surface area contributed by atoms with Crippen molar-refractivity contribution in [3.63, 3.8) is 0 Å². The van der Waals surface area contributed by atoms with E-state index in [0.717, 1.165) is 12.6 Å². The van der Waals surface area contributed by atoms with Gasteiger partial charge in [-0.3, -0.25) is 9.59 Å². The monoisotopic (exact) mass is 645 g/mol. The maximum atomic E-state index is 14.6. The molecular formula is C31H31ClF3N5O5. The van der Waals surface area contributed by atoms with Gasteiger partial charge in [0.05, 0.1) is 37.4 Å². The molecule has 2 aromatic heterocycles. The number of alkyl halides is 2. The molecule has 14 heteroatoms. The predicted octanol–water partition coefficient (Wildman–Crippen LogP) is 5.14. The number of nitrogens with zero attached hydrogens (tertiary/aromatic N) is 3. The number of amides is 2. The Morgan fingerprint density at radius 1 is 1.24 bits per heavy atom. The van der Waals surface area contributed by atoms with Crippen molar-refractivity contribution in [2.75, 3.05) is 20.3 Å². The lowest BCUT2D eigenvalue weighted by atomic mass is 9.70. The Bertz CT molecular complexity index is 1760. The highest BCUT2D eigenvalue weighted by Gasteiger charge is 2.44. The van der Waals surface area contributed by atoms with Crippen molar-refractivity contribution in [3.8, 4) is 22.8 Å². The van der Waals surface area contributed by atoms with Crippen LogP contribution in [-0.2, 0) is 16.8 Å². The van der Waals surface area contributed by atoms with E-state index < -0.39 is 29.8 Å². The summed E-state index contributed by atoms with van der Waals surface area (Å²) in [7, 11) is 1.33. The highest BCUT2D eigenvalue weighted by atomic mass is 35.5. The molecule has 0 radical (unpaired) electrons. The van der Waals surface area contributed by atoms with Gasteiger partial charge >= 0.3 is 6.55 Å². The Labute approximate surface area is 261 Å². The van der Waals surface area contributed by atoms with Crippen LogP contribution in [0.3, 0.4) is 0 Å². The number of carbonyl (C=O) groups is 2. The normalized spacial score (nSPS) is 14.7. The van der Waals surface area contributed by atoms with Crippen LogP contribution in [0.1, 0.15) is 54.4 Å². The van der Waals surface area contributed by atoms with E-state index in [1.54, 1.807) is 6.92 Å². The van der Waals surface area contributed by atoms with Crippen LogP contribution >= 0.6 is 11.6 Å². The van der Waals surface area contributed by atoms with Crippen LogP contribution in [0.2, 0.25) is 5.02 Å². The molecule has 45 heavy (non-hydrogen) atoms. The Hall–Kier alpha value is -4.36. The Kier molecular flexibility index (Phi) is 9.21. The largest absolute Gasteiger partial charge is 0.494 e. The molecular weight excluding hydrogens is 615 g/mol. The zero-order valence-corrected chi connectivity index (χ0v) is 25.2. The number of pyridine rings is 1. The zero-order valence-electron chi connectivity index (χ0n) is 24.4. The first-order valence-corrected chi connectivity index (χ1v) is 14.6. The molecule has 1 aliphatic rings. The first-order chi connectivity index (χ1) is 21.4. The first kappa shape index (κ1) is 32.0. The van der Waals surface area contributed by atoms with Crippen LogP contribution in [-0.4, -0.2) is 51.9 Å². The molecule has 0 unspecified atom stereocenters. The van der Waals surface area contributed by atoms with Crippen molar-refractivity contribution in [3.05, 3.63) is 70.3 Å². The van der Waals surface area contributed by atoms with Crippen LogP contribution in [0.25, 0.3) is 22.2 Å². The third-order valence-corrected chi connectivity index (χ3v) is 8.22. The van der Waals surface area contributed by atoms with Gasteiger partial charge < -0.3 is 25.6 Å². The molecule has 0 aliphatic heterocycles. The number of benzene rings is 2. The molecule has 0 saturated heterocycles. The average Bonchev–Trinajstić information content (AvgIpc) is 3.41. The Balaban J connectivity index is 1.56. The fraction of sp³-hybridized carbons (Fsp3) is 0.355. The SMILES string of the molecule is CCOc1c(CC(N)=O)cc([C@@](O)(CNC(=O)c2cc(OC)c3nn(C(F)F)cc3c2)C2CCC2)nc1-c1ccc(Cl)c(F)c1.